The highest BCUT2D eigenvalue weighted by Gasteiger charge is 2.23. The Balaban J connectivity index is 1.77. The van der Waals surface area contributed by atoms with Crippen LogP contribution >= 0.6 is 0 Å². The number of nitrogens with zero attached hydrogens (tertiary/aromatic N) is 3. The molecule has 0 spiro atoms. The lowest BCUT2D eigenvalue weighted by atomic mass is 9.96. The molecule has 4 aromatic rings. The van der Waals surface area contributed by atoms with Crippen LogP contribution in [0.25, 0.3) is 33.3 Å². The number of hydrogen-bond donors (Lipinski definition) is 1. The molecule has 118 valence electrons. The van der Waals surface area contributed by atoms with Gasteiger partial charge in [0.05, 0.1) is 11.7 Å². The van der Waals surface area contributed by atoms with Gasteiger partial charge in [-0.25, -0.2) is 0 Å². The minimum Gasteiger partial charge on any atom is -0.278 e. The zero-order valence-corrected chi connectivity index (χ0v) is 13.6. The van der Waals surface area contributed by atoms with Gasteiger partial charge in [0, 0.05) is 28.8 Å². The third-order valence-electron chi connectivity index (χ3n) is 4.86. The second-order valence-electron chi connectivity index (χ2n) is 6.54. The molecule has 0 unspecified atom stereocenters. The van der Waals surface area contributed by atoms with Gasteiger partial charge in [0.1, 0.15) is 5.69 Å². The second-order valence-corrected chi connectivity index (χ2v) is 6.54. The quantitative estimate of drug-likeness (QED) is 0.598. The molecule has 0 bridgehead atoms. The van der Waals surface area contributed by atoms with Gasteiger partial charge in [-0.2, -0.15) is 10.2 Å². The molecule has 1 N–H and O–H groups in total. The van der Waals surface area contributed by atoms with Gasteiger partial charge in [-0.3, -0.25) is 9.78 Å². The van der Waals surface area contributed by atoms with E-state index in [-0.39, 0.29) is 0 Å². The van der Waals surface area contributed by atoms with Crippen molar-refractivity contribution in [3.63, 3.8) is 0 Å². The predicted molar refractivity (Wildman–Crippen MR) is 95.8 cm³/mol. The maximum atomic E-state index is 4.94. The fourth-order valence-electron chi connectivity index (χ4n) is 3.73. The first-order chi connectivity index (χ1) is 11.8. The average molecular weight is 314 g/mol. The summed E-state index contributed by atoms with van der Waals surface area (Å²) in [5.41, 5.74) is 8.48. The van der Waals surface area contributed by atoms with Crippen molar-refractivity contribution in [2.45, 2.75) is 26.3 Å². The van der Waals surface area contributed by atoms with Gasteiger partial charge in [0.2, 0.25) is 0 Å². The van der Waals surface area contributed by atoms with Crippen molar-refractivity contribution in [3.05, 3.63) is 59.9 Å². The van der Waals surface area contributed by atoms with Crippen molar-refractivity contribution >= 4 is 10.9 Å². The predicted octanol–water partition coefficient (Wildman–Crippen LogP) is 4.35. The average Bonchev–Trinajstić information content (AvgIpc) is 3.29. The molecule has 1 aliphatic rings. The Labute approximate surface area is 140 Å². The fraction of sp³-hybridized carbons (Fsp3) is 0.200. The fourth-order valence-corrected chi connectivity index (χ4v) is 3.73. The van der Waals surface area contributed by atoms with Crippen LogP contribution in [0.1, 0.15) is 17.7 Å². The molecular formula is C20H18N4. The van der Waals surface area contributed by atoms with E-state index in [1.54, 1.807) is 0 Å². The SMILES string of the molecule is Cc1cccc(-c2nn3c(c2-c2ccc4[nH]ncc4c2)CCC3)c1. The molecule has 0 saturated carbocycles. The van der Waals surface area contributed by atoms with E-state index in [9.17, 15) is 0 Å². The number of rotatable bonds is 2. The largest absolute Gasteiger partial charge is 0.278 e. The molecule has 4 nitrogen and oxygen atoms in total. The topological polar surface area (TPSA) is 46.5 Å². The molecule has 2 aromatic heterocycles. The molecule has 1 aliphatic heterocycles. The van der Waals surface area contributed by atoms with E-state index in [4.69, 9.17) is 5.10 Å². The molecule has 0 aliphatic carbocycles. The summed E-state index contributed by atoms with van der Waals surface area (Å²) >= 11 is 0. The lowest BCUT2D eigenvalue weighted by molar-refractivity contribution is 0.659. The van der Waals surface area contributed by atoms with E-state index in [0.717, 1.165) is 29.6 Å². The van der Waals surface area contributed by atoms with Gasteiger partial charge < -0.3 is 0 Å². The minimum atomic E-state index is 1.02. The van der Waals surface area contributed by atoms with Gasteiger partial charge in [0.15, 0.2) is 0 Å². The van der Waals surface area contributed by atoms with E-state index in [1.807, 2.05) is 6.20 Å². The van der Waals surface area contributed by atoms with Crippen LogP contribution in [0.4, 0.5) is 0 Å². The molecule has 0 amide bonds. The molecule has 0 radical (unpaired) electrons. The van der Waals surface area contributed by atoms with E-state index in [2.05, 4.69) is 64.3 Å². The van der Waals surface area contributed by atoms with Gasteiger partial charge in [-0.15, -0.1) is 0 Å². The Bertz CT molecular complexity index is 1050. The molecule has 0 saturated heterocycles. The zero-order valence-electron chi connectivity index (χ0n) is 13.6. The molecule has 24 heavy (non-hydrogen) atoms. The number of aromatic amines is 1. The number of nitrogens with one attached hydrogen (secondary N) is 1. The number of aryl methyl sites for hydroxylation is 2. The zero-order chi connectivity index (χ0) is 16.1. The van der Waals surface area contributed by atoms with Crippen LogP contribution in [-0.4, -0.2) is 20.0 Å². The van der Waals surface area contributed by atoms with Crippen molar-refractivity contribution in [2.75, 3.05) is 0 Å². The van der Waals surface area contributed by atoms with Crippen LogP contribution < -0.4 is 0 Å². The highest BCUT2D eigenvalue weighted by atomic mass is 15.3. The highest BCUT2D eigenvalue weighted by Crippen LogP contribution is 2.38. The van der Waals surface area contributed by atoms with Gasteiger partial charge in [0.25, 0.3) is 0 Å². The van der Waals surface area contributed by atoms with Crippen LogP contribution in [0.3, 0.4) is 0 Å². The highest BCUT2D eigenvalue weighted by molar-refractivity contribution is 5.89. The second kappa shape index (κ2) is 5.06. The summed E-state index contributed by atoms with van der Waals surface area (Å²) in [6, 6.07) is 15.1. The molecule has 4 heteroatoms. The molecule has 3 heterocycles. The van der Waals surface area contributed by atoms with Crippen molar-refractivity contribution in [1.82, 2.24) is 20.0 Å². The van der Waals surface area contributed by atoms with Gasteiger partial charge in [-0.1, -0.05) is 29.8 Å². The van der Waals surface area contributed by atoms with Gasteiger partial charge >= 0.3 is 0 Å². The van der Waals surface area contributed by atoms with Crippen molar-refractivity contribution < 1.29 is 0 Å². The molecule has 0 atom stereocenters. The summed E-state index contributed by atoms with van der Waals surface area (Å²) in [5.74, 6) is 0. The van der Waals surface area contributed by atoms with Crippen LogP contribution in [0, 0.1) is 6.92 Å². The Morgan fingerprint density at radius 3 is 2.96 bits per heavy atom. The standard InChI is InChI=1S/C20H18N4/c1-13-4-2-5-15(10-13)20-19(18-6-3-9-24(18)23-20)14-7-8-17-16(11-14)12-21-22-17/h2,4-5,7-8,10-12H,3,6,9H2,1H3,(H,21,22). The maximum absolute atomic E-state index is 4.94. The minimum absolute atomic E-state index is 1.02. The summed E-state index contributed by atoms with van der Waals surface area (Å²) < 4.78 is 2.19. The summed E-state index contributed by atoms with van der Waals surface area (Å²) in [7, 11) is 0. The number of benzene rings is 2. The van der Waals surface area contributed by atoms with E-state index < -0.39 is 0 Å². The maximum Gasteiger partial charge on any atom is 0.100 e. The smallest absolute Gasteiger partial charge is 0.100 e. The van der Waals surface area contributed by atoms with Crippen LogP contribution in [0.2, 0.25) is 0 Å². The van der Waals surface area contributed by atoms with Crippen molar-refractivity contribution in [3.8, 4) is 22.4 Å². The molecule has 2 aromatic carbocycles. The molecule has 0 fully saturated rings. The van der Waals surface area contributed by atoms with E-state index in [0.29, 0.717) is 0 Å². The third-order valence-corrected chi connectivity index (χ3v) is 4.86. The summed E-state index contributed by atoms with van der Waals surface area (Å²) in [4.78, 5) is 0. The Hall–Kier alpha value is -2.88. The number of fused-ring (bicyclic) bond motifs is 2. The first kappa shape index (κ1) is 13.5. The lowest BCUT2D eigenvalue weighted by Crippen LogP contribution is -1.94. The first-order valence-corrected chi connectivity index (χ1v) is 8.40. The van der Waals surface area contributed by atoms with Gasteiger partial charge in [-0.05, 0) is 43.5 Å². The monoisotopic (exact) mass is 314 g/mol. The summed E-state index contributed by atoms with van der Waals surface area (Å²) in [6.07, 6.45) is 4.16. The number of H-pyrrole nitrogens is 1. The first-order valence-electron chi connectivity index (χ1n) is 8.40. The van der Waals surface area contributed by atoms with E-state index >= 15 is 0 Å². The summed E-state index contributed by atoms with van der Waals surface area (Å²) in [5, 5.41) is 13.2. The Morgan fingerprint density at radius 1 is 1.08 bits per heavy atom. The normalized spacial score (nSPS) is 13.5. The van der Waals surface area contributed by atoms with Crippen LogP contribution in [-0.2, 0) is 13.0 Å². The summed E-state index contributed by atoms with van der Waals surface area (Å²) in [6.45, 7) is 3.15. The molecule has 5 rings (SSSR count). The number of hydrogen-bond acceptors (Lipinski definition) is 2. The Morgan fingerprint density at radius 2 is 2.04 bits per heavy atom. The molecular weight excluding hydrogens is 296 g/mol. The lowest BCUT2D eigenvalue weighted by Gasteiger charge is -2.07. The number of aromatic nitrogens is 4. The van der Waals surface area contributed by atoms with Crippen LogP contribution in [0.15, 0.2) is 48.7 Å². The van der Waals surface area contributed by atoms with Crippen molar-refractivity contribution in [2.24, 2.45) is 0 Å². The van der Waals surface area contributed by atoms with E-state index in [1.165, 1.54) is 34.4 Å². The van der Waals surface area contributed by atoms with Crippen LogP contribution in [0.5, 0.6) is 0 Å². The Kier molecular flexibility index (Phi) is 2.86. The third kappa shape index (κ3) is 1.99. The van der Waals surface area contributed by atoms with Crippen molar-refractivity contribution in [1.29, 1.82) is 0 Å².